The number of phosphoric ester groups is 1. The van der Waals surface area contributed by atoms with Crippen LogP contribution in [0.1, 0.15) is 194 Å². The highest BCUT2D eigenvalue weighted by atomic mass is 31.2. The topological polar surface area (TPSA) is 94.1 Å². The molecule has 0 rings (SSSR count). The molecule has 0 saturated heterocycles. The van der Waals surface area contributed by atoms with Gasteiger partial charge < -0.3 is 27.9 Å². The maximum Gasteiger partial charge on any atom is 0.306 e. The first kappa shape index (κ1) is 53.7. The molecule has 0 aromatic rings. The molecule has 0 aromatic carbocycles. The number of quaternary nitrogens is 1. The smallest absolute Gasteiger partial charge is 0.306 e. The molecule has 0 bridgehead atoms. The van der Waals surface area contributed by atoms with Crippen LogP contribution < -0.4 is 4.89 Å². The average molecular weight is 798 g/mol. The fourth-order valence-electron chi connectivity index (χ4n) is 6.10. The highest BCUT2D eigenvalue weighted by Gasteiger charge is 2.20. The molecule has 0 amide bonds. The van der Waals surface area contributed by atoms with Crippen molar-refractivity contribution in [3.63, 3.8) is 0 Å². The van der Waals surface area contributed by atoms with Gasteiger partial charge in [-0.05, 0) is 70.6 Å². The quantitative estimate of drug-likeness (QED) is 0.0200. The van der Waals surface area contributed by atoms with E-state index in [1.807, 2.05) is 21.1 Å². The van der Waals surface area contributed by atoms with Gasteiger partial charge in [0, 0.05) is 13.0 Å². The van der Waals surface area contributed by atoms with Gasteiger partial charge in [0.15, 0.2) is 0 Å². The number of nitrogens with zero attached hydrogens (tertiary/aromatic N) is 1. The van der Waals surface area contributed by atoms with E-state index in [4.69, 9.17) is 18.5 Å². The second kappa shape index (κ2) is 39.5. The van der Waals surface area contributed by atoms with Gasteiger partial charge in [0.2, 0.25) is 0 Å². The number of hydrogen-bond acceptors (Lipinski definition) is 7. The Bertz CT molecular complexity index is 978. The monoisotopic (exact) mass is 798 g/mol. The molecule has 0 aromatic heterocycles. The average Bonchev–Trinajstić information content (AvgIpc) is 3.13. The summed E-state index contributed by atoms with van der Waals surface area (Å²) in [6, 6.07) is 0. The van der Waals surface area contributed by atoms with E-state index < -0.39 is 13.9 Å². The van der Waals surface area contributed by atoms with Crippen molar-refractivity contribution in [3.05, 3.63) is 36.5 Å². The first-order valence-corrected chi connectivity index (χ1v) is 24.2. The standard InChI is InChI=1S/C46H88NO7P/c1-6-8-10-12-14-16-18-20-22-23-24-25-26-27-29-31-33-35-37-39-46(48)54-45(44-53-55(49,50)52-42-40-47(3,4)5)43-51-41-38-36-34-32-30-28-21-19-17-15-13-11-9-7-2/h14,16-17,19-20,22,45H,6-13,15,18,21,23-44H2,1-5H3/b16-14-,19-17-,22-20-. The molecule has 0 aliphatic heterocycles. The van der Waals surface area contributed by atoms with Crippen LogP contribution in [-0.2, 0) is 27.9 Å². The highest BCUT2D eigenvalue weighted by molar-refractivity contribution is 7.45. The summed E-state index contributed by atoms with van der Waals surface area (Å²) in [6.45, 7) is 5.37. The summed E-state index contributed by atoms with van der Waals surface area (Å²) < 4.78 is 34.6. The molecule has 0 N–H and O–H groups in total. The predicted octanol–water partition coefficient (Wildman–Crippen LogP) is 12.8. The third-order valence-corrected chi connectivity index (χ3v) is 10.6. The van der Waals surface area contributed by atoms with Crippen LogP contribution in [-0.4, -0.2) is 70.7 Å². The van der Waals surface area contributed by atoms with Gasteiger partial charge in [-0.2, -0.15) is 0 Å². The lowest BCUT2D eigenvalue weighted by atomic mass is 10.1. The van der Waals surface area contributed by atoms with Crippen LogP contribution in [0.15, 0.2) is 36.5 Å². The van der Waals surface area contributed by atoms with Crippen LogP contribution in [0.25, 0.3) is 0 Å². The normalized spacial score (nSPS) is 14.1. The predicted molar refractivity (Wildman–Crippen MR) is 231 cm³/mol. The number of likely N-dealkylation sites (N-methyl/N-ethyl adjacent to an activating group) is 1. The number of rotatable bonds is 42. The van der Waals surface area contributed by atoms with E-state index in [2.05, 4.69) is 50.3 Å². The first-order valence-electron chi connectivity index (χ1n) is 22.7. The van der Waals surface area contributed by atoms with Crippen molar-refractivity contribution in [2.45, 2.75) is 200 Å². The van der Waals surface area contributed by atoms with Crippen LogP contribution in [0.2, 0.25) is 0 Å². The summed E-state index contributed by atoms with van der Waals surface area (Å²) in [5.41, 5.74) is 0. The molecule has 0 fully saturated rings. The highest BCUT2D eigenvalue weighted by Crippen LogP contribution is 2.38. The maximum absolute atomic E-state index is 12.7. The molecule has 55 heavy (non-hydrogen) atoms. The van der Waals surface area contributed by atoms with Crippen molar-refractivity contribution >= 4 is 13.8 Å². The fraction of sp³-hybridized carbons (Fsp3) is 0.848. The van der Waals surface area contributed by atoms with E-state index in [0.717, 1.165) is 38.5 Å². The summed E-state index contributed by atoms with van der Waals surface area (Å²) in [5, 5.41) is 0. The Morgan fingerprint density at radius 3 is 1.53 bits per heavy atom. The zero-order valence-electron chi connectivity index (χ0n) is 36.6. The number of hydrogen-bond donors (Lipinski definition) is 0. The molecule has 0 aliphatic rings. The molecule has 0 heterocycles. The third kappa shape index (κ3) is 43.7. The largest absolute Gasteiger partial charge is 0.756 e. The van der Waals surface area contributed by atoms with Crippen molar-refractivity contribution < 1.29 is 37.3 Å². The molecule has 8 nitrogen and oxygen atoms in total. The summed E-state index contributed by atoms with van der Waals surface area (Å²) in [5.74, 6) is -0.340. The van der Waals surface area contributed by atoms with E-state index in [0.29, 0.717) is 24.1 Å². The second-order valence-electron chi connectivity index (χ2n) is 16.4. The van der Waals surface area contributed by atoms with E-state index in [1.54, 1.807) is 0 Å². The molecule has 0 aliphatic carbocycles. The number of ether oxygens (including phenoxy) is 2. The Kier molecular flexibility index (Phi) is 38.6. The van der Waals surface area contributed by atoms with Crippen molar-refractivity contribution in [1.29, 1.82) is 0 Å². The van der Waals surface area contributed by atoms with Gasteiger partial charge in [0.1, 0.15) is 19.3 Å². The Morgan fingerprint density at radius 2 is 1.00 bits per heavy atom. The van der Waals surface area contributed by atoms with E-state index in [1.165, 1.54) is 135 Å². The first-order chi connectivity index (χ1) is 26.6. The third-order valence-electron chi connectivity index (χ3n) is 9.66. The van der Waals surface area contributed by atoms with Crippen LogP contribution >= 0.6 is 7.82 Å². The minimum Gasteiger partial charge on any atom is -0.756 e. The number of unbranched alkanes of at least 4 members (excludes halogenated alkanes) is 22. The zero-order valence-corrected chi connectivity index (χ0v) is 37.5. The minimum absolute atomic E-state index is 0.0240. The lowest BCUT2D eigenvalue weighted by Gasteiger charge is -2.28. The molecule has 2 unspecified atom stereocenters. The van der Waals surface area contributed by atoms with E-state index in [-0.39, 0.29) is 25.8 Å². The van der Waals surface area contributed by atoms with E-state index in [9.17, 15) is 14.3 Å². The minimum atomic E-state index is -4.53. The van der Waals surface area contributed by atoms with Gasteiger partial charge in [0.05, 0.1) is 34.4 Å². The van der Waals surface area contributed by atoms with Crippen molar-refractivity contribution in [2.75, 3.05) is 54.1 Å². The van der Waals surface area contributed by atoms with Gasteiger partial charge in [-0.15, -0.1) is 0 Å². The lowest BCUT2D eigenvalue weighted by Crippen LogP contribution is -2.37. The SMILES string of the molecule is CCCCC/C=C\C/C=C\CCCCCCCCCCCC(=O)OC(COCCCCCCCC/C=C\CCCCCC)COP(=O)([O-])OCC[N+](C)(C)C. The van der Waals surface area contributed by atoms with Crippen LogP contribution in [0.4, 0.5) is 0 Å². The van der Waals surface area contributed by atoms with Gasteiger partial charge in [0.25, 0.3) is 7.82 Å². The summed E-state index contributed by atoms with van der Waals surface area (Å²) >= 11 is 0. The summed E-state index contributed by atoms with van der Waals surface area (Å²) in [7, 11) is 1.35. The van der Waals surface area contributed by atoms with Crippen LogP contribution in [0, 0.1) is 0 Å². The second-order valence-corrected chi connectivity index (χ2v) is 17.8. The van der Waals surface area contributed by atoms with Gasteiger partial charge in [-0.1, -0.05) is 153 Å². The van der Waals surface area contributed by atoms with Gasteiger partial charge in [-0.3, -0.25) is 9.36 Å². The molecule has 0 radical (unpaired) electrons. The number of allylic oxidation sites excluding steroid dienone is 6. The molecular weight excluding hydrogens is 709 g/mol. The summed E-state index contributed by atoms with van der Waals surface area (Å²) in [6.07, 6.45) is 45.8. The maximum atomic E-state index is 12.7. The van der Waals surface area contributed by atoms with Crippen molar-refractivity contribution in [1.82, 2.24) is 0 Å². The number of esters is 1. The molecular formula is C46H88NO7P. The Hall–Kier alpha value is -1.28. The van der Waals surface area contributed by atoms with Crippen molar-refractivity contribution in [3.8, 4) is 0 Å². The molecule has 9 heteroatoms. The number of carbonyl (C=O) groups is 1. The summed E-state index contributed by atoms with van der Waals surface area (Å²) in [4.78, 5) is 25.1. The van der Waals surface area contributed by atoms with Crippen molar-refractivity contribution in [2.24, 2.45) is 0 Å². The Balaban J connectivity index is 4.21. The Morgan fingerprint density at radius 1 is 0.564 bits per heavy atom. The fourth-order valence-corrected chi connectivity index (χ4v) is 6.83. The zero-order chi connectivity index (χ0) is 40.6. The van der Waals surface area contributed by atoms with Gasteiger partial charge >= 0.3 is 5.97 Å². The Labute approximate surface area is 340 Å². The molecule has 2 atom stereocenters. The number of phosphoric acid groups is 1. The number of carbonyl (C=O) groups excluding carboxylic acids is 1. The van der Waals surface area contributed by atoms with Crippen LogP contribution in [0.5, 0.6) is 0 Å². The molecule has 0 saturated carbocycles. The van der Waals surface area contributed by atoms with E-state index >= 15 is 0 Å². The van der Waals surface area contributed by atoms with Gasteiger partial charge in [-0.25, -0.2) is 0 Å². The molecule has 0 spiro atoms. The molecule has 324 valence electrons. The lowest BCUT2D eigenvalue weighted by molar-refractivity contribution is -0.870. The van der Waals surface area contributed by atoms with Crippen LogP contribution in [0.3, 0.4) is 0 Å².